The van der Waals surface area contributed by atoms with E-state index >= 15 is 0 Å². The fourth-order valence-electron chi connectivity index (χ4n) is 2.25. The summed E-state index contributed by atoms with van der Waals surface area (Å²) in [4.78, 5) is 14.5. The Morgan fingerprint density at radius 2 is 1.88 bits per heavy atom. The summed E-state index contributed by atoms with van der Waals surface area (Å²) in [6.07, 6.45) is 1.57. The predicted molar refractivity (Wildman–Crippen MR) is 95.6 cm³/mol. The Bertz CT molecular complexity index is 880. The minimum absolute atomic E-state index is 0.167. The molecule has 7 heteroatoms. The molecule has 0 fully saturated rings. The molecule has 0 aliphatic heterocycles. The first kappa shape index (κ1) is 18.2. The summed E-state index contributed by atoms with van der Waals surface area (Å²) in [5.41, 5.74) is 1.15. The van der Waals surface area contributed by atoms with Gasteiger partial charge >= 0.3 is 0 Å². The van der Waals surface area contributed by atoms with Crippen LogP contribution < -0.4 is 15.6 Å². The number of hydrogen-bond acceptors (Lipinski definition) is 4. The average molecular weight is 349 g/mol. The van der Waals surface area contributed by atoms with Gasteiger partial charge in [0.15, 0.2) is 0 Å². The topological polar surface area (TPSA) is 91.1 Å². The van der Waals surface area contributed by atoms with Gasteiger partial charge in [-0.25, -0.2) is 13.1 Å². The number of aromatic amines is 1. The summed E-state index contributed by atoms with van der Waals surface area (Å²) in [6.45, 7) is 7.45. The fourth-order valence-corrected chi connectivity index (χ4v) is 3.94. The molecule has 6 nitrogen and oxygen atoms in total. The normalized spacial score (nSPS) is 12.2. The van der Waals surface area contributed by atoms with Crippen molar-refractivity contribution in [3.63, 3.8) is 0 Å². The van der Waals surface area contributed by atoms with Crippen LogP contribution in [0.5, 0.6) is 0 Å². The predicted octanol–water partition coefficient (Wildman–Crippen LogP) is 2.37. The summed E-state index contributed by atoms with van der Waals surface area (Å²) in [5, 5.41) is 3.09. The van der Waals surface area contributed by atoms with E-state index in [0.29, 0.717) is 23.4 Å². The van der Waals surface area contributed by atoms with Crippen LogP contribution in [0.3, 0.4) is 0 Å². The molecule has 0 atom stereocenters. The van der Waals surface area contributed by atoms with Gasteiger partial charge in [0, 0.05) is 29.5 Å². The van der Waals surface area contributed by atoms with Crippen LogP contribution in [0.2, 0.25) is 0 Å². The first-order valence-electron chi connectivity index (χ1n) is 7.63. The number of aromatic nitrogens is 1. The maximum Gasteiger partial charge on any atom is 0.252 e. The van der Waals surface area contributed by atoms with Crippen LogP contribution in [0.25, 0.3) is 0 Å². The Labute approximate surface area is 142 Å². The molecule has 1 aromatic carbocycles. The molecule has 2 rings (SSSR count). The van der Waals surface area contributed by atoms with Crippen LogP contribution in [0.1, 0.15) is 31.9 Å². The zero-order valence-electron chi connectivity index (χ0n) is 14.3. The molecule has 1 heterocycles. The maximum atomic E-state index is 12.6. The second-order valence-electron chi connectivity index (χ2n) is 6.71. The highest BCUT2D eigenvalue weighted by molar-refractivity contribution is 7.89. The maximum absolute atomic E-state index is 12.6. The number of benzene rings is 1. The van der Waals surface area contributed by atoms with Gasteiger partial charge in [-0.15, -0.1) is 0 Å². The SMILES string of the molecule is Cc1ccc(NCc2ccc[nH]c2=O)cc1S(=O)(=O)NC(C)(C)C. The number of anilines is 1. The van der Waals surface area contributed by atoms with Gasteiger partial charge in [0.25, 0.3) is 5.56 Å². The van der Waals surface area contributed by atoms with E-state index in [9.17, 15) is 13.2 Å². The van der Waals surface area contributed by atoms with E-state index < -0.39 is 15.6 Å². The van der Waals surface area contributed by atoms with Crippen molar-refractivity contribution in [1.82, 2.24) is 9.71 Å². The lowest BCUT2D eigenvalue weighted by atomic mass is 10.1. The standard InChI is InChI=1S/C17H23N3O3S/c1-12-7-8-14(19-11-13-6-5-9-18-16(13)21)10-15(12)24(22,23)20-17(2,3)4/h5-10,19-20H,11H2,1-4H3,(H,18,21). The zero-order chi connectivity index (χ0) is 18.0. The van der Waals surface area contributed by atoms with Crippen molar-refractivity contribution in [2.45, 2.75) is 44.7 Å². The molecule has 1 aromatic heterocycles. The highest BCUT2D eigenvalue weighted by Gasteiger charge is 2.23. The van der Waals surface area contributed by atoms with Crippen LogP contribution >= 0.6 is 0 Å². The van der Waals surface area contributed by atoms with Crippen LogP contribution in [0.4, 0.5) is 5.69 Å². The number of rotatable bonds is 5. The van der Waals surface area contributed by atoms with Crippen LogP contribution in [-0.2, 0) is 16.6 Å². The van der Waals surface area contributed by atoms with E-state index in [1.54, 1.807) is 64.2 Å². The molecule has 0 amide bonds. The Morgan fingerprint density at radius 1 is 1.17 bits per heavy atom. The van der Waals surface area contributed by atoms with Crippen molar-refractivity contribution >= 4 is 15.7 Å². The van der Waals surface area contributed by atoms with Gasteiger partial charge in [0.2, 0.25) is 10.0 Å². The molecule has 0 bridgehead atoms. The highest BCUT2D eigenvalue weighted by atomic mass is 32.2. The van der Waals surface area contributed by atoms with Gasteiger partial charge in [-0.05, 0) is 51.5 Å². The largest absolute Gasteiger partial charge is 0.381 e. The van der Waals surface area contributed by atoms with Crippen molar-refractivity contribution in [3.05, 3.63) is 58.0 Å². The van der Waals surface area contributed by atoms with Gasteiger partial charge in [-0.3, -0.25) is 4.79 Å². The molecule has 0 unspecified atom stereocenters. The van der Waals surface area contributed by atoms with E-state index in [-0.39, 0.29) is 10.5 Å². The third-order valence-corrected chi connectivity index (χ3v) is 5.20. The van der Waals surface area contributed by atoms with Crippen molar-refractivity contribution < 1.29 is 8.42 Å². The minimum atomic E-state index is -3.62. The van der Waals surface area contributed by atoms with E-state index in [0.717, 1.165) is 0 Å². The van der Waals surface area contributed by atoms with Crippen LogP contribution in [0.15, 0.2) is 46.2 Å². The van der Waals surface area contributed by atoms with Gasteiger partial charge in [0.05, 0.1) is 4.90 Å². The summed E-state index contributed by atoms with van der Waals surface area (Å²) < 4.78 is 27.8. The van der Waals surface area contributed by atoms with Crippen molar-refractivity contribution in [1.29, 1.82) is 0 Å². The van der Waals surface area contributed by atoms with Gasteiger partial charge in [-0.2, -0.15) is 0 Å². The highest BCUT2D eigenvalue weighted by Crippen LogP contribution is 2.22. The van der Waals surface area contributed by atoms with E-state index in [1.165, 1.54) is 0 Å². The molecule has 0 aliphatic carbocycles. The quantitative estimate of drug-likeness (QED) is 0.773. The molecule has 0 aliphatic rings. The third kappa shape index (κ3) is 4.69. The van der Waals surface area contributed by atoms with E-state index in [4.69, 9.17) is 0 Å². The summed E-state index contributed by atoms with van der Waals surface area (Å²) in [6, 6.07) is 8.59. The summed E-state index contributed by atoms with van der Waals surface area (Å²) >= 11 is 0. The van der Waals surface area contributed by atoms with Crippen molar-refractivity contribution in [3.8, 4) is 0 Å². The Morgan fingerprint density at radius 3 is 2.50 bits per heavy atom. The molecule has 0 spiro atoms. The molecular weight excluding hydrogens is 326 g/mol. The minimum Gasteiger partial charge on any atom is -0.381 e. The molecule has 0 radical (unpaired) electrons. The van der Waals surface area contributed by atoms with Gasteiger partial charge in [-0.1, -0.05) is 12.1 Å². The van der Waals surface area contributed by atoms with Gasteiger partial charge < -0.3 is 10.3 Å². The van der Waals surface area contributed by atoms with E-state index in [2.05, 4.69) is 15.0 Å². The zero-order valence-corrected chi connectivity index (χ0v) is 15.1. The second-order valence-corrected chi connectivity index (χ2v) is 8.36. The Kier molecular flexibility index (Phi) is 5.15. The van der Waals surface area contributed by atoms with Crippen LogP contribution in [-0.4, -0.2) is 18.9 Å². The first-order chi connectivity index (χ1) is 11.1. The monoisotopic (exact) mass is 349 g/mol. The van der Waals surface area contributed by atoms with Gasteiger partial charge in [0.1, 0.15) is 0 Å². The molecule has 0 saturated heterocycles. The van der Waals surface area contributed by atoms with Crippen molar-refractivity contribution in [2.75, 3.05) is 5.32 Å². The van der Waals surface area contributed by atoms with Crippen molar-refractivity contribution in [2.24, 2.45) is 0 Å². The second kappa shape index (κ2) is 6.78. The molecule has 130 valence electrons. The lowest BCUT2D eigenvalue weighted by Gasteiger charge is -2.21. The number of H-pyrrole nitrogens is 1. The number of pyridine rings is 1. The van der Waals surface area contributed by atoms with Crippen LogP contribution in [0, 0.1) is 6.92 Å². The smallest absolute Gasteiger partial charge is 0.252 e. The fraction of sp³-hybridized carbons (Fsp3) is 0.353. The number of nitrogens with one attached hydrogen (secondary N) is 3. The Hall–Kier alpha value is -2.12. The molecule has 3 N–H and O–H groups in total. The average Bonchev–Trinajstić information content (AvgIpc) is 2.45. The summed E-state index contributed by atoms with van der Waals surface area (Å²) in [7, 11) is -3.62. The summed E-state index contributed by atoms with van der Waals surface area (Å²) in [5.74, 6) is 0. The molecule has 24 heavy (non-hydrogen) atoms. The number of hydrogen-bond donors (Lipinski definition) is 3. The number of sulfonamides is 1. The number of aryl methyl sites for hydroxylation is 1. The molecule has 2 aromatic rings. The molecular formula is C17H23N3O3S. The lowest BCUT2D eigenvalue weighted by Crippen LogP contribution is -2.40. The lowest BCUT2D eigenvalue weighted by molar-refractivity contribution is 0.491. The first-order valence-corrected chi connectivity index (χ1v) is 9.12. The Balaban J connectivity index is 2.26. The van der Waals surface area contributed by atoms with E-state index in [1.807, 2.05) is 0 Å². The molecule has 0 saturated carbocycles. The third-order valence-electron chi connectivity index (χ3n) is 3.30.